The van der Waals surface area contributed by atoms with E-state index in [2.05, 4.69) is 10.6 Å². The molecule has 3 rings (SSSR count). The third-order valence-corrected chi connectivity index (χ3v) is 8.44. The van der Waals surface area contributed by atoms with Crippen molar-refractivity contribution in [3.8, 4) is 0 Å². The smallest absolute Gasteiger partial charge is 0.251 e. The van der Waals surface area contributed by atoms with Crippen molar-refractivity contribution < 1.29 is 22.8 Å². The normalized spacial score (nSPS) is 14.4. The number of primary amides is 1. The number of rotatable bonds is 7. The molecule has 1 aromatic carbocycles. The summed E-state index contributed by atoms with van der Waals surface area (Å²) >= 11 is 7.03. The van der Waals surface area contributed by atoms with Gasteiger partial charge in [-0.1, -0.05) is 11.6 Å². The quantitative estimate of drug-likeness (QED) is 0.556. The lowest BCUT2D eigenvalue weighted by atomic mass is 9.95. The van der Waals surface area contributed by atoms with E-state index in [1.807, 2.05) is 0 Å². The van der Waals surface area contributed by atoms with Crippen LogP contribution in [0.4, 0.5) is 10.7 Å². The number of hydrogen-bond donors (Lipinski definition) is 3. The third-order valence-electron chi connectivity index (χ3n) is 5.02. The zero-order valence-corrected chi connectivity index (χ0v) is 19.1. The van der Waals surface area contributed by atoms with Crippen LogP contribution < -0.4 is 16.4 Å². The van der Waals surface area contributed by atoms with Gasteiger partial charge in [-0.2, -0.15) is 0 Å². The fourth-order valence-electron chi connectivity index (χ4n) is 3.33. The van der Waals surface area contributed by atoms with Gasteiger partial charge >= 0.3 is 0 Å². The molecule has 1 heterocycles. The summed E-state index contributed by atoms with van der Waals surface area (Å²) < 4.78 is 25.2. The fourth-order valence-corrected chi connectivity index (χ4v) is 5.83. The van der Waals surface area contributed by atoms with Crippen LogP contribution in [0.3, 0.4) is 0 Å². The summed E-state index contributed by atoms with van der Waals surface area (Å²) in [5.74, 6) is -3.12. The number of fused-ring (bicyclic) bond motifs is 1. The number of halogens is 1. The van der Waals surface area contributed by atoms with Gasteiger partial charge in [0, 0.05) is 15.6 Å². The first-order valence-electron chi connectivity index (χ1n) is 9.60. The highest BCUT2D eigenvalue weighted by molar-refractivity contribution is 7.93. The van der Waals surface area contributed by atoms with Crippen LogP contribution >= 0.6 is 22.9 Å². The van der Waals surface area contributed by atoms with Gasteiger partial charge in [0.15, 0.2) is 9.84 Å². The number of benzene rings is 1. The minimum atomic E-state index is -4.10. The number of hydrogen-bond acceptors (Lipinski definition) is 6. The van der Waals surface area contributed by atoms with Crippen molar-refractivity contribution in [3.63, 3.8) is 0 Å². The predicted octanol–water partition coefficient (Wildman–Crippen LogP) is 2.76. The molecule has 0 bridgehead atoms. The van der Waals surface area contributed by atoms with Crippen molar-refractivity contribution in [2.45, 2.75) is 37.9 Å². The number of carbonyl (C=O) groups excluding carboxylic acids is 3. The van der Waals surface area contributed by atoms with Gasteiger partial charge in [0.1, 0.15) is 16.0 Å². The molecule has 0 aliphatic heterocycles. The van der Waals surface area contributed by atoms with Gasteiger partial charge in [-0.15, -0.1) is 11.3 Å². The van der Waals surface area contributed by atoms with Crippen LogP contribution in [0.5, 0.6) is 0 Å². The highest BCUT2D eigenvalue weighted by atomic mass is 35.5. The largest absolute Gasteiger partial charge is 0.365 e. The molecule has 1 atom stereocenters. The maximum absolute atomic E-state index is 12.6. The molecule has 0 fully saturated rings. The van der Waals surface area contributed by atoms with Crippen LogP contribution in [0.2, 0.25) is 5.02 Å². The van der Waals surface area contributed by atoms with E-state index in [9.17, 15) is 22.8 Å². The maximum atomic E-state index is 12.6. The monoisotopic (exact) mass is 483 g/mol. The second-order valence-corrected chi connectivity index (χ2v) is 11.1. The van der Waals surface area contributed by atoms with E-state index in [0.717, 1.165) is 29.7 Å². The molecule has 0 radical (unpaired) electrons. The molecule has 1 unspecified atom stereocenters. The zero-order valence-electron chi connectivity index (χ0n) is 16.7. The van der Waals surface area contributed by atoms with Gasteiger partial charge in [0.2, 0.25) is 11.8 Å². The van der Waals surface area contributed by atoms with Crippen molar-refractivity contribution in [3.05, 3.63) is 45.3 Å². The SMILES string of the molecule is CC(C(=O)Nc1sc2c(c1C(N)=O)CCCC2)S(=O)(=O)CC(=O)Nc1ccc(Cl)cc1. The van der Waals surface area contributed by atoms with Gasteiger partial charge in [0.25, 0.3) is 5.91 Å². The van der Waals surface area contributed by atoms with Crippen LogP contribution in [0.25, 0.3) is 0 Å². The molecule has 1 aliphatic carbocycles. The molecule has 8 nitrogen and oxygen atoms in total. The summed E-state index contributed by atoms with van der Waals surface area (Å²) in [5.41, 5.74) is 6.97. The Balaban J connectivity index is 1.70. The number of nitrogens with one attached hydrogen (secondary N) is 2. The summed E-state index contributed by atoms with van der Waals surface area (Å²) in [7, 11) is -4.10. The number of amides is 3. The summed E-state index contributed by atoms with van der Waals surface area (Å²) in [5, 5.41) is 4.23. The van der Waals surface area contributed by atoms with Crippen molar-refractivity contribution >= 4 is 61.2 Å². The van der Waals surface area contributed by atoms with Crippen LogP contribution in [0.15, 0.2) is 24.3 Å². The zero-order chi connectivity index (χ0) is 22.8. The van der Waals surface area contributed by atoms with E-state index in [-0.39, 0.29) is 10.6 Å². The molecule has 2 aromatic rings. The van der Waals surface area contributed by atoms with Gasteiger partial charge in [0.05, 0.1) is 5.56 Å². The predicted molar refractivity (Wildman–Crippen MR) is 121 cm³/mol. The first kappa shape index (κ1) is 23.2. The second kappa shape index (κ2) is 9.37. The molecule has 0 spiro atoms. The van der Waals surface area contributed by atoms with Crippen LogP contribution in [0.1, 0.15) is 40.6 Å². The Morgan fingerprint density at radius 3 is 2.42 bits per heavy atom. The number of aryl methyl sites for hydroxylation is 1. The van der Waals surface area contributed by atoms with E-state index in [1.54, 1.807) is 12.1 Å². The molecule has 3 amide bonds. The molecular formula is C20H22ClN3O5S2. The Labute approximate surface area is 189 Å². The average Bonchev–Trinajstić information content (AvgIpc) is 3.06. The third kappa shape index (κ3) is 5.44. The van der Waals surface area contributed by atoms with Gasteiger partial charge in [-0.25, -0.2) is 8.42 Å². The van der Waals surface area contributed by atoms with Gasteiger partial charge in [-0.3, -0.25) is 14.4 Å². The molecule has 0 saturated heterocycles. The highest BCUT2D eigenvalue weighted by Crippen LogP contribution is 2.38. The lowest BCUT2D eigenvalue weighted by molar-refractivity contribution is -0.115. The molecule has 11 heteroatoms. The number of nitrogens with two attached hydrogens (primary N) is 1. The molecule has 1 aliphatic rings. The van der Waals surface area contributed by atoms with Crippen LogP contribution in [0, 0.1) is 0 Å². The number of anilines is 2. The summed E-state index contributed by atoms with van der Waals surface area (Å²) in [4.78, 5) is 37.7. The van der Waals surface area contributed by atoms with Crippen molar-refractivity contribution in [2.24, 2.45) is 5.73 Å². The Morgan fingerprint density at radius 1 is 1.13 bits per heavy atom. The Hall–Kier alpha value is -2.43. The van der Waals surface area contributed by atoms with Crippen LogP contribution in [-0.2, 0) is 32.3 Å². The topological polar surface area (TPSA) is 135 Å². The van der Waals surface area contributed by atoms with E-state index >= 15 is 0 Å². The average molecular weight is 484 g/mol. The standard InChI is InChI=1S/C20H22ClN3O5S2/c1-11(31(28,29)10-16(25)23-13-8-6-12(21)7-9-13)19(27)24-20-17(18(22)26)14-4-2-3-5-15(14)30-20/h6-9,11H,2-5,10H2,1H3,(H2,22,26)(H,23,25)(H,24,27). The van der Waals surface area contributed by atoms with E-state index < -0.39 is 38.6 Å². The van der Waals surface area contributed by atoms with E-state index in [4.69, 9.17) is 17.3 Å². The Morgan fingerprint density at radius 2 is 1.77 bits per heavy atom. The molecular weight excluding hydrogens is 462 g/mol. The maximum Gasteiger partial charge on any atom is 0.251 e. The van der Waals surface area contributed by atoms with Crippen LogP contribution in [-0.4, -0.2) is 37.1 Å². The van der Waals surface area contributed by atoms with E-state index in [1.165, 1.54) is 30.4 Å². The first-order chi connectivity index (χ1) is 14.6. The molecule has 0 saturated carbocycles. The highest BCUT2D eigenvalue weighted by Gasteiger charge is 2.32. The molecule has 31 heavy (non-hydrogen) atoms. The van der Waals surface area contributed by atoms with Crippen molar-refractivity contribution in [2.75, 3.05) is 16.4 Å². The second-order valence-electron chi connectivity index (χ2n) is 7.27. The minimum absolute atomic E-state index is 0.248. The lowest BCUT2D eigenvalue weighted by Crippen LogP contribution is -2.37. The number of carbonyl (C=O) groups is 3. The minimum Gasteiger partial charge on any atom is -0.365 e. The first-order valence-corrected chi connectivity index (χ1v) is 12.5. The summed E-state index contributed by atoms with van der Waals surface area (Å²) in [6, 6.07) is 6.18. The molecule has 166 valence electrons. The number of sulfone groups is 1. The molecule has 4 N–H and O–H groups in total. The summed E-state index contributed by atoms with van der Waals surface area (Å²) in [6.07, 6.45) is 3.38. The van der Waals surface area contributed by atoms with Gasteiger partial charge < -0.3 is 16.4 Å². The Bertz CT molecular complexity index is 1130. The molecule has 1 aromatic heterocycles. The Kier molecular flexibility index (Phi) is 7.03. The van der Waals surface area contributed by atoms with E-state index in [0.29, 0.717) is 17.1 Å². The number of thiophene rings is 1. The van der Waals surface area contributed by atoms with Gasteiger partial charge in [-0.05, 0) is 62.4 Å². The summed E-state index contributed by atoms with van der Waals surface area (Å²) in [6.45, 7) is 1.21. The lowest BCUT2D eigenvalue weighted by Gasteiger charge is -2.14. The van der Waals surface area contributed by atoms with Crippen molar-refractivity contribution in [1.29, 1.82) is 0 Å². The van der Waals surface area contributed by atoms with Crippen molar-refractivity contribution in [1.82, 2.24) is 0 Å². The fraction of sp³-hybridized carbons (Fsp3) is 0.350.